The first-order valence-corrected chi connectivity index (χ1v) is 11.7. The molecule has 7 nitrogen and oxygen atoms in total. The van der Waals surface area contributed by atoms with E-state index in [2.05, 4.69) is 68.3 Å². The number of imidazole rings is 1. The fourth-order valence-electron chi connectivity index (χ4n) is 4.11. The van der Waals surface area contributed by atoms with E-state index in [9.17, 15) is 0 Å². The van der Waals surface area contributed by atoms with Gasteiger partial charge in [0.2, 0.25) is 0 Å². The van der Waals surface area contributed by atoms with Crippen LogP contribution in [0.5, 0.6) is 0 Å². The van der Waals surface area contributed by atoms with Crippen LogP contribution in [0.4, 0.5) is 0 Å². The average molecular weight is 462 g/mol. The summed E-state index contributed by atoms with van der Waals surface area (Å²) in [6.45, 7) is 9.72. The quantitative estimate of drug-likeness (QED) is 0.258. The number of likely N-dealkylation sites (N-methyl/N-ethyl adjacent to an activating group) is 1. The van der Waals surface area contributed by atoms with Crippen molar-refractivity contribution in [3.8, 4) is 22.6 Å². The molecule has 174 valence electrons. The van der Waals surface area contributed by atoms with Gasteiger partial charge in [-0.2, -0.15) is 5.10 Å². The molecule has 5 rings (SSSR count). The van der Waals surface area contributed by atoms with Crippen LogP contribution in [-0.4, -0.2) is 43.2 Å². The Balaban J connectivity index is 1.58. The number of aromatic amines is 2. The van der Waals surface area contributed by atoms with Crippen LogP contribution in [-0.2, 0) is 0 Å². The number of rotatable bonds is 8. The van der Waals surface area contributed by atoms with Gasteiger partial charge in [0.25, 0.3) is 0 Å². The molecule has 0 amide bonds. The molecule has 0 atom stereocenters. The van der Waals surface area contributed by atoms with E-state index in [1.54, 1.807) is 6.20 Å². The summed E-state index contributed by atoms with van der Waals surface area (Å²) >= 11 is 0. The van der Waals surface area contributed by atoms with Crippen molar-refractivity contribution in [3.63, 3.8) is 0 Å². The summed E-state index contributed by atoms with van der Waals surface area (Å²) in [4.78, 5) is 17.3. The second kappa shape index (κ2) is 9.87. The van der Waals surface area contributed by atoms with Crippen molar-refractivity contribution in [2.24, 2.45) is 0 Å². The first-order valence-electron chi connectivity index (χ1n) is 11.7. The lowest BCUT2D eigenvalue weighted by atomic mass is 10.1. The molecule has 4 heterocycles. The highest BCUT2D eigenvalue weighted by molar-refractivity contribution is 5.97. The van der Waals surface area contributed by atoms with E-state index in [4.69, 9.17) is 4.98 Å². The zero-order valence-corrected chi connectivity index (χ0v) is 19.8. The van der Waals surface area contributed by atoms with E-state index in [-0.39, 0.29) is 0 Å². The minimum Gasteiger partial charge on any atom is -0.337 e. The Morgan fingerprint density at radius 3 is 2.83 bits per heavy atom. The summed E-state index contributed by atoms with van der Waals surface area (Å²) in [7, 11) is 0. The highest BCUT2D eigenvalue weighted by Gasteiger charge is 2.16. The van der Waals surface area contributed by atoms with E-state index in [0.717, 1.165) is 68.7 Å². The van der Waals surface area contributed by atoms with E-state index in [0.29, 0.717) is 5.82 Å². The number of fused-ring (bicyclic) bond motifs is 2. The zero-order valence-electron chi connectivity index (χ0n) is 19.8. The Bertz CT molecular complexity index is 1550. The first kappa shape index (κ1) is 22.4. The average Bonchev–Trinajstić information content (AvgIpc) is 3.53. The van der Waals surface area contributed by atoms with Gasteiger partial charge in [-0.15, -0.1) is 0 Å². The second-order valence-corrected chi connectivity index (χ2v) is 8.16. The van der Waals surface area contributed by atoms with Crippen LogP contribution in [0.25, 0.3) is 50.2 Å². The van der Waals surface area contributed by atoms with E-state index in [1.807, 2.05) is 49.7 Å². The molecule has 4 aromatic heterocycles. The molecular formula is C28H27N7. The molecule has 0 aliphatic heterocycles. The van der Waals surface area contributed by atoms with Crippen molar-refractivity contribution in [1.29, 1.82) is 0 Å². The third-order valence-corrected chi connectivity index (χ3v) is 5.95. The van der Waals surface area contributed by atoms with Gasteiger partial charge >= 0.3 is 0 Å². The van der Waals surface area contributed by atoms with Crippen LogP contribution in [0, 0.1) is 0 Å². The monoisotopic (exact) mass is 461 g/mol. The summed E-state index contributed by atoms with van der Waals surface area (Å²) < 4.78 is 0. The number of H-pyrrole nitrogens is 2. The number of nitrogens with zero attached hydrogens (tertiary/aromatic N) is 4. The minimum atomic E-state index is 0.705. The molecule has 0 aliphatic rings. The Morgan fingerprint density at radius 1 is 1.14 bits per heavy atom. The third kappa shape index (κ3) is 4.41. The highest BCUT2D eigenvalue weighted by atomic mass is 15.1. The topological polar surface area (TPSA) is 95.2 Å². The number of allylic oxidation sites excluding steroid dienone is 3. The van der Waals surface area contributed by atoms with Gasteiger partial charge in [0, 0.05) is 35.5 Å². The fourth-order valence-corrected chi connectivity index (χ4v) is 4.11. The van der Waals surface area contributed by atoms with Crippen LogP contribution in [0.1, 0.15) is 19.5 Å². The molecule has 0 unspecified atom stereocenters. The normalized spacial score (nSPS) is 12.5. The summed E-state index contributed by atoms with van der Waals surface area (Å²) in [6, 6.07) is 12.1. The van der Waals surface area contributed by atoms with E-state index < -0.39 is 0 Å². The summed E-state index contributed by atoms with van der Waals surface area (Å²) in [5.41, 5.74) is 8.49. The number of hydrogen-bond donors (Lipinski definition) is 3. The number of pyridine rings is 2. The third-order valence-electron chi connectivity index (χ3n) is 5.95. The van der Waals surface area contributed by atoms with Gasteiger partial charge in [-0.25, -0.2) is 4.98 Å². The van der Waals surface area contributed by atoms with Gasteiger partial charge in [-0.05, 0) is 48.9 Å². The second-order valence-electron chi connectivity index (χ2n) is 8.16. The molecule has 0 radical (unpaired) electrons. The molecule has 0 saturated heterocycles. The smallest absolute Gasteiger partial charge is 0.159 e. The van der Waals surface area contributed by atoms with Crippen LogP contribution in [0.2, 0.25) is 0 Å². The van der Waals surface area contributed by atoms with Crippen molar-refractivity contribution >= 4 is 27.5 Å². The summed E-state index contributed by atoms with van der Waals surface area (Å²) in [5, 5.41) is 12.0. The van der Waals surface area contributed by atoms with Gasteiger partial charge in [0.05, 0.1) is 28.4 Å². The van der Waals surface area contributed by atoms with Crippen LogP contribution in [0.3, 0.4) is 0 Å². The van der Waals surface area contributed by atoms with Gasteiger partial charge in [0.15, 0.2) is 5.82 Å². The molecule has 7 heteroatoms. The summed E-state index contributed by atoms with van der Waals surface area (Å²) in [6.07, 6.45) is 11.5. The van der Waals surface area contributed by atoms with Crippen molar-refractivity contribution < 1.29 is 0 Å². The minimum absolute atomic E-state index is 0.705. The largest absolute Gasteiger partial charge is 0.337 e. The molecule has 0 aliphatic carbocycles. The molecule has 0 bridgehead atoms. The Morgan fingerprint density at radius 2 is 2.06 bits per heavy atom. The predicted octanol–water partition coefficient (Wildman–Crippen LogP) is 5.69. The Hall–Kier alpha value is -4.36. The molecule has 1 aromatic carbocycles. The standard InChI is InChI=1S/C28H27N7/c1-4-18(15-29-6-3)13-19(5-2)24-14-22-25(17-31-24)34-35-27(22)28-32-23-11-7-10-21(26(23)33-28)20-9-8-12-30-16-20/h4-5,7-14,16-17,29H,1,6,15H2,2-3H3,(H,32,33)(H,34,35)/b18-13+,19-5+. The van der Waals surface area contributed by atoms with Gasteiger partial charge in [0.1, 0.15) is 5.69 Å². The van der Waals surface area contributed by atoms with E-state index in [1.165, 1.54) is 0 Å². The van der Waals surface area contributed by atoms with Gasteiger partial charge in [-0.1, -0.05) is 43.9 Å². The molecular weight excluding hydrogens is 434 g/mol. The lowest BCUT2D eigenvalue weighted by Crippen LogP contribution is -2.15. The number of benzene rings is 1. The maximum absolute atomic E-state index is 4.94. The van der Waals surface area contributed by atoms with Crippen molar-refractivity contribution in [2.45, 2.75) is 13.8 Å². The summed E-state index contributed by atoms with van der Waals surface area (Å²) in [5.74, 6) is 0.705. The van der Waals surface area contributed by atoms with Crippen molar-refractivity contribution in [2.75, 3.05) is 13.1 Å². The molecule has 3 N–H and O–H groups in total. The van der Waals surface area contributed by atoms with Crippen LogP contribution in [0.15, 0.2) is 85.4 Å². The fraction of sp³-hybridized carbons (Fsp3) is 0.143. The zero-order chi connectivity index (χ0) is 24.2. The first-order chi connectivity index (χ1) is 17.2. The molecule has 5 aromatic rings. The molecule has 0 spiro atoms. The molecule has 35 heavy (non-hydrogen) atoms. The van der Waals surface area contributed by atoms with Gasteiger partial charge in [-0.3, -0.25) is 15.1 Å². The van der Waals surface area contributed by atoms with E-state index >= 15 is 0 Å². The van der Waals surface area contributed by atoms with Crippen molar-refractivity contribution in [3.05, 3.63) is 91.1 Å². The van der Waals surface area contributed by atoms with Crippen LogP contribution < -0.4 is 5.32 Å². The maximum Gasteiger partial charge on any atom is 0.159 e. The molecule has 0 saturated carbocycles. The van der Waals surface area contributed by atoms with Crippen LogP contribution >= 0.6 is 0 Å². The number of hydrogen-bond acceptors (Lipinski definition) is 5. The van der Waals surface area contributed by atoms with Gasteiger partial charge < -0.3 is 10.3 Å². The Labute approximate surface area is 203 Å². The number of para-hydroxylation sites is 1. The Kier molecular flexibility index (Phi) is 6.32. The SMILES string of the molecule is C=C/C(=C\C(=C/C)c1cc2c(-c3nc4c(-c5cccnc5)cccc4[nH]3)n[nH]c2cn1)CNCC. The van der Waals surface area contributed by atoms with Crippen molar-refractivity contribution in [1.82, 2.24) is 35.5 Å². The molecule has 0 fully saturated rings. The maximum atomic E-state index is 4.94. The lowest BCUT2D eigenvalue weighted by Gasteiger charge is -2.06. The lowest BCUT2D eigenvalue weighted by molar-refractivity contribution is 0.785. The number of aromatic nitrogens is 6. The predicted molar refractivity (Wildman–Crippen MR) is 143 cm³/mol. The highest BCUT2D eigenvalue weighted by Crippen LogP contribution is 2.32. The number of nitrogens with one attached hydrogen (secondary N) is 3.